The quantitative estimate of drug-likeness (QED) is 0.229. The normalized spacial score (nSPS) is 14.8. The average Bonchev–Trinajstić information content (AvgIpc) is 3.54. The SMILES string of the molecule is Clc1ccc(-n2nc(C(OCc3ccccc3)Oc3ccccc3)c[n+]2CC2OCCO2)c(Cl)c1. The highest BCUT2D eigenvalue weighted by atomic mass is 35.5. The highest BCUT2D eigenvalue weighted by Crippen LogP contribution is 2.26. The van der Waals surface area contributed by atoms with Crippen LogP contribution in [0.4, 0.5) is 0 Å². The summed E-state index contributed by atoms with van der Waals surface area (Å²) in [6.45, 7) is 1.85. The van der Waals surface area contributed by atoms with Gasteiger partial charge >= 0.3 is 0 Å². The molecule has 0 spiro atoms. The first-order valence-electron chi connectivity index (χ1n) is 11.2. The number of nitrogens with zero attached hydrogens (tertiary/aromatic N) is 3. The highest BCUT2D eigenvalue weighted by molar-refractivity contribution is 6.35. The standard InChI is InChI=1S/C26H24Cl2N3O4/c27-20-11-12-24(22(28)15-20)31-29-23(16-30(31)17-25-32-13-14-33-25)26(35-21-9-5-2-6-10-21)34-18-19-7-3-1-4-8-19/h1-12,15-16,25-26H,13-14,17-18H2/q+1. The van der Waals surface area contributed by atoms with Gasteiger partial charge in [-0.05, 0) is 40.7 Å². The molecule has 1 saturated heterocycles. The minimum atomic E-state index is -0.776. The van der Waals surface area contributed by atoms with Gasteiger partial charge < -0.3 is 18.9 Å². The Balaban J connectivity index is 1.50. The van der Waals surface area contributed by atoms with E-state index in [0.29, 0.717) is 53.5 Å². The van der Waals surface area contributed by atoms with E-state index in [2.05, 4.69) is 0 Å². The van der Waals surface area contributed by atoms with Crippen LogP contribution in [0.3, 0.4) is 0 Å². The lowest BCUT2D eigenvalue weighted by Crippen LogP contribution is -2.47. The summed E-state index contributed by atoms with van der Waals surface area (Å²) in [5.74, 6) is 0.665. The Labute approximate surface area is 213 Å². The second-order valence-electron chi connectivity index (χ2n) is 7.89. The molecule has 2 heterocycles. The molecule has 1 atom stereocenters. The second kappa shape index (κ2) is 11.2. The molecule has 1 aromatic heterocycles. The summed E-state index contributed by atoms with van der Waals surface area (Å²) in [5, 5.41) is 5.81. The van der Waals surface area contributed by atoms with Crippen LogP contribution in [-0.4, -0.2) is 29.4 Å². The molecular weight excluding hydrogens is 489 g/mol. The van der Waals surface area contributed by atoms with Crippen molar-refractivity contribution in [3.8, 4) is 11.4 Å². The third-order valence-corrected chi connectivity index (χ3v) is 5.90. The highest BCUT2D eigenvalue weighted by Gasteiger charge is 2.31. The van der Waals surface area contributed by atoms with Crippen LogP contribution in [0, 0.1) is 0 Å². The summed E-state index contributed by atoms with van der Waals surface area (Å²) in [6.07, 6.45) is 0.684. The van der Waals surface area contributed by atoms with Gasteiger partial charge in [-0.15, -0.1) is 4.68 Å². The number of hydrogen-bond donors (Lipinski definition) is 0. The Hall–Kier alpha value is -2.94. The third-order valence-electron chi connectivity index (χ3n) is 5.36. The monoisotopic (exact) mass is 512 g/mol. The van der Waals surface area contributed by atoms with Gasteiger partial charge in [0.1, 0.15) is 11.4 Å². The number of halogens is 2. The number of ether oxygens (including phenoxy) is 4. The lowest BCUT2D eigenvalue weighted by atomic mass is 10.2. The van der Waals surface area contributed by atoms with E-state index in [1.807, 2.05) is 77.6 Å². The van der Waals surface area contributed by atoms with Crippen molar-refractivity contribution < 1.29 is 23.6 Å². The zero-order valence-corrected chi connectivity index (χ0v) is 20.3. The molecular formula is C26H24Cl2N3O4+. The summed E-state index contributed by atoms with van der Waals surface area (Å²) in [7, 11) is 0. The van der Waals surface area contributed by atoms with E-state index in [1.54, 1.807) is 16.9 Å². The summed E-state index contributed by atoms with van der Waals surface area (Å²) < 4.78 is 25.6. The van der Waals surface area contributed by atoms with Crippen molar-refractivity contribution in [3.63, 3.8) is 0 Å². The Morgan fingerprint density at radius 1 is 0.971 bits per heavy atom. The third kappa shape index (κ3) is 6.01. The summed E-state index contributed by atoms with van der Waals surface area (Å²) in [6, 6.07) is 24.7. The van der Waals surface area contributed by atoms with Crippen LogP contribution in [0.1, 0.15) is 17.5 Å². The summed E-state index contributed by atoms with van der Waals surface area (Å²) in [5.41, 5.74) is 2.24. The van der Waals surface area contributed by atoms with E-state index in [-0.39, 0.29) is 0 Å². The predicted molar refractivity (Wildman–Crippen MR) is 131 cm³/mol. The molecule has 5 rings (SSSR count). The Bertz CT molecular complexity index is 1250. The number of para-hydroxylation sites is 1. The zero-order valence-electron chi connectivity index (χ0n) is 18.8. The van der Waals surface area contributed by atoms with E-state index in [1.165, 1.54) is 0 Å². The molecule has 1 unspecified atom stereocenters. The molecule has 0 amide bonds. The van der Waals surface area contributed by atoms with Crippen molar-refractivity contribution in [3.05, 3.63) is 106 Å². The van der Waals surface area contributed by atoms with Crippen molar-refractivity contribution in [1.82, 2.24) is 9.90 Å². The molecule has 9 heteroatoms. The molecule has 0 aliphatic carbocycles. The molecule has 0 N–H and O–H groups in total. The summed E-state index contributed by atoms with van der Waals surface area (Å²) in [4.78, 5) is 1.69. The van der Waals surface area contributed by atoms with Crippen LogP contribution in [0.25, 0.3) is 5.69 Å². The lowest BCUT2D eigenvalue weighted by Gasteiger charge is -2.15. The second-order valence-corrected chi connectivity index (χ2v) is 8.74. The summed E-state index contributed by atoms with van der Waals surface area (Å²) >= 11 is 12.7. The van der Waals surface area contributed by atoms with Gasteiger partial charge in [0.2, 0.25) is 0 Å². The fourth-order valence-corrected chi connectivity index (χ4v) is 4.17. The maximum atomic E-state index is 6.53. The molecule has 4 aromatic rings. The van der Waals surface area contributed by atoms with Gasteiger partial charge in [-0.1, -0.05) is 71.7 Å². The predicted octanol–water partition coefficient (Wildman–Crippen LogP) is 5.13. The fourth-order valence-electron chi connectivity index (χ4n) is 3.69. The first kappa shape index (κ1) is 23.8. The molecule has 1 aliphatic rings. The van der Waals surface area contributed by atoms with Crippen LogP contribution >= 0.6 is 23.2 Å². The lowest BCUT2D eigenvalue weighted by molar-refractivity contribution is -0.780. The fraction of sp³-hybridized carbons (Fsp3) is 0.231. The van der Waals surface area contributed by atoms with E-state index < -0.39 is 12.6 Å². The van der Waals surface area contributed by atoms with E-state index in [4.69, 9.17) is 47.2 Å². The van der Waals surface area contributed by atoms with E-state index in [0.717, 1.165) is 5.56 Å². The van der Waals surface area contributed by atoms with E-state index >= 15 is 0 Å². The molecule has 1 fully saturated rings. The molecule has 35 heavy (non-hydrogen) atoms. The van der Waals surface area contributed by atoms with Crippen molar-refractivity contribution in [2.75, 3.05) is 13.2 Å². The molecule has 1 aliphatic heterocycles. The molecule has 3 aromatic carbocycles. The molecule has 0 radical (unpaired) electrons. The van der Waals surface area contributed by atoms with Crippen LogP contribution in [-0.2, 0) is 27.4 Å². The molecule has 180 valence electrons. The van der Waals surface area contributed by atoms with Gasteiger partial charge in [-0.25, -0.2) is 0 Å². The number of rotatable bonds is 9. The van der Waals surface area contributed by atoms with Gasteiger partial charge in [-0.3, -0.25) is 0 Å². The first-order valence-corrected chi connectivity index (χ1v) is 12.0. The van der Waals surface area contributed by atoms with Gasteiger partial charge in [0.25, 0.3) is 12.0 Å². The van der Waals surface area contributed by atoms with Crippen molar-refractivity contribution in [2.24, 2.45) is 0 Å². The van der Waals surface area contributed by atoms with Gasteiger partial charge in [0.15, 0.2) is 19.0 Å². The largest absolute Gasteiger partial charge is 0.456 e. The van der Waals surface area contributed by atoms with Crippen LogP contribution in [0.2, 0.25) is 10.0 Å². The Kier molecular flexibility index (Phi) is 7.61. The maximum Gasteiger partial charge on any atom is 0.287 e. The number of hydrogen-bond acceptors (Lipinski definition) is 5. The number of benzene rings is 3. The van der Waals surface area contributed by atoms with Gasteiger partial charge in [0, 0.05) is 5.02 Å². The van der Waals surface area contributed by atoms with Gasteiger partial charge in [-0.2, -0.15) is 0 Å². The molecule has 0 saturated carbocycles. The Morgan fingerprint density at radius 3 is 2.40 bits per heavy atom. The van der Waals surface area contributed by atoms with Crippen molar-refractivity contribution in [2.45, 2.75) is 25.7 Å². The molecule has 0 bridgehead atoms. The zero-order chi connectivity index (χ0) is 24.0. The smallest absolute Gasteiger partial charge is 0.287 e. The van der Waals surface area contributed by atoms with Crippen LogP contribution in [0.15, 0.2) is 85.1 Å². The van der Waals surface area contributed by atoms with Crippen LogP contribution < -0.4 is 9.42 Å². The Morgan fingerprint density at radius 2 is 1.69 bits per heavy atom. The topological polar surface area (TPSA) is 58.6 Å². The first-order chi connectivity index (χ1) is 17.2. The maximum absolute atomic E-state index is 6.53. The minimum Gasteiger partial charge on any atom is -0.456 e. The van der Waals surface area contributed by atoms with E-state index in [9.17, 15) is 0 Å². The minimum absolute atomic E-state index is 0.349. The number of aromatic nitrogens is 3. The van der Waals surface area contributed by atoms with Crippen LogP contribution in [0.5, 0.6) is 5.75 Å². The van der Waals surface area contributed by atoms with Crippen molar-refractivity contribution >= 4 is 23.2 Å². The average molecular weight is 513 g/mol. The molecule has 7 nitrogen and oxygen atoms in total. The van der Waals surface area contributed by atoms with Crippen molar-refractivity contribution in [1.29, 1.82) is 0 Å². The van der Waals surface area contributed by atoms with Gasteiger partial charge in [0.05, 0.1) is 29.9 Å².